The summed E-state index contributed by atoms with van der Waals surface area (Å²) in [5.74, 6) is -0.118. The van der Waals surface area contributed by atoms with Crippen LogP contribution in [-0.2, 0) is 11.2 Å². The van der Waals surface area contributed by atoms with E-state index in [-0.39, 0.29) is 11.5 Å². The van der Waals surface area contributed by atoms with Crippen molar-refractivity contribution >= 4 is 29.0 Å². The molecule has 1 fully saturated rings. The van der Waals surface area contributed by atoms with Gasteiger partial charge in [0.15, 0.2) is 0 Å². The van der Waals surface area contributed by atoms with E-state index in [1.165, 1.54) is 0 Å². The normalized spacial score (nSPS) is 17.3. The highest BCUT2D eigenvalue weighted by Crippen LogP contribution is 2.24. The van der Waals surface area contributed by atoms with E-state index >= 15 is 0 Å². The van der Waals surface area contributed by atoms with Crippen molar-refractivity contribution in [1.82, 2.24) is 10.3 Å². The number of carboxylic acid groups (broad SMARTS) is 1. The van der Waals surface area contributed by atoms with E-state index in [1.54, 1.807) is 29.7 Å². The summed E-state index contributed by atoms with van der Waals surface area (Å²) in [4.78, 5) is 30.8. The number of hydrogen-bond acceptors (Lipinski definition) is 5. The van der Waals surface area contributed by atoms with Gasteiger partial charge in [0.25, 0.3) is 0 Å². The van der Waals surface area contributed by atoms with E-state index in [0.29, 0.717) is 31.2 Å². The third-order valence-corrected chi connectivity index (χ3v) is 5.21. The van der Waals surface area contributed by atoms with Crippen LogP contribution in [-0.4, -0.2) is 41.6 Å². The molecule has 2 N–H and O–H groups in total. The van der Waals surface area contributed by atoms with Crippen molar-refractivity contribution in [2.24, 2.45) is 5.92 Å². The maximum atomic E-state index is 12.0. The Hall–Kier alpha value is -2.41. The van der Waals surface area contributed by atoms with Gasteiger partial charge in [-0.1, -0.05) is 6.07 Å². The van der Waals surface area contributed by atoms with Crippen molar-refractivity contribution < 1.29 is 14.7 Å². The lowest BCUT2D eigenvalue weighted by Crippen LogP contribution is -2.42. The summed E-state index contributed by atoms with van der Waals surface area (Å²) in [6.07, 6.45) is 4.01. The van der Waals surface area contributed by atoms with Gasteiger partial charge >= 0.3 is 5.97 Å². The first-order valence-electron chi connectivity index (χ1n) is 8.36. The average Bonchev–Trinajstić information content (AvgIpc) is 3.13. The molecular weight excluding hydrogens is 338 g/mol. The lowest BCUT2D eigenvalue weighted by molar-refractivity contribution is -0.120. The third-order valence-electron chi connectivity index (χ3n) is 4.34. The maximum Gasteiger partial charge on any atom is 0.339 e. The Morgan fingerprint density at radius 3 is 3.00 bits per heavy atom. The van der Waals surface area contributed by atoms with Crippen molar-refractivity contribution in [3.8, 4) is 0 Å². The standard InChI is InChI=1S/C18H21N3O3S/c22-16(10-14-5-3-9-25-14)20-11-13-4-2-8-21(12-13)17-15(18(23)24)6-1-7-19-17/h1,3,5-7,9,13H,2,4,8,10-12H2,(H,20,22)(H,23,24). The van der Waals surface area contributed by atoms with Gasteiger partial charge in [-0.05, 0) is 42.3 Å². The largest absolute Gasteiger partial charge is 0.478 e. The Labute approximate surface area is 150 Å². The molecule has 1 atom stereocenters. The van der Waals surface area contributed by atoms with Gasteiger partial charge in [-0.15, -0.1) is 11.3 Å². The molecule has 0 aromatic carbocycles. The Morgan fingerprint density at radius 1 is 1.36 bits per heavy atom. The third kappa shape index (κ3) is 4.57. The van der Waals surface area contributed by atoms with Crippen LogP contribution in [0.1, 0.15) is 28.1 Å². The molecule has 1 aliphatic rings. The number of carbonyl (C=O) groups is 2. The fourth-order valence-corrected chi connectivity index (χ4v) is 3.84. The van der Waals surface area contributed by atoms with Crippen LogP contribution in [0.15, 0.2) is 35.8 Å². The fourth-order valence-electron chi connectivity index (χ4n) is 3.13. The quantitative estimate of drug-likeness (QED) is 0.828. The summed E-state index contributed by atoms with van der Waals surface area (Å²) in [6, 6.07) is 7.12. The molecule has 132 valence electrons. The highest BCUT2D eigenvalue weighted by molar-refractivity contribution is 7.10. The van der Waals surface area contributed by atoms with Gasteiger partial charge in [0.2, 0.25) is 5.91 Å². The predicted molar refractivity (Wildman–Crippen MR) is 97.2 cm³/mol. The zero-order valence-corrected chi connectivity index (χ0v) is 14.7. The number of hydrogen-bond donors (Lipinski definition) is 2. The number of thiophene rings is 1. The molecule has 0 saturated carbocycles. The van der Waals surface area contributed by atoms with Crippen LogP contribution in [0.3, 0.4) is 0 Å². The Bertz CT molecular complexity index is 733. The molecule has 25 heavy (non-hydrogen) atoms. The maximum absolute atomic E-state index is 12.0. The van der Waals surface area contributed by atoms with Crippen molar-refractivity contribution in [1.29, 1.82) is 0 Å². The van der Waals surface area contributed by atoms with Crippen LogP contribution >= 0.6 is 11.3 Å². The number of pyridine rings is 1. The molecule has 0 bridgehead atoms. The number of carbonyl (C=O) groups excluding carboxylic acids is 1. The monoisotopic (exact) mass is 359 g/mol. The number of nitrogens with zero attached hydrogens (tertiary/aromatic N) is 2. The van der Waals surface area contributed by atoms with Crippen LogP contribution in [0.4, 0.5) is 5.82 Å². The van der Waals surface area contributed by atoms with Gasteiger partial charge in [-0.25, -0.2) is 9.78 Å². The summed E-state index contributed by atoms with van der Waals surface area (Å²) in [7, 11) is 0. The smallest absolute Gasteiger partial charge is 0.339 e. The molecule has 1 amide bonds. The summed E-state index contributed by atoms with van der Waals surface area (Å²) in [6.45, 7) is 2.10. The molecule has 6 nitrogen and oxygen atoms in total. The van der Waals surface area contributed by atoms with Crippen LogP contribution in [0.2, 0.25) is 0 Å². The second-order valence-corrected chi connectivity index (χ2v) is 7.23. The molecule has 7 heteroatoms. The number of nitrogens with one attached hydrogen (secondary N) is 1. The summed E-state index contributed by atoms with van der Waals surface area (Å²) in [5.41, 5.74) is 0.227. The second-order valence-electron chi connectivity index (χ2n) is 6.19. The molecule has 1 aliphatic heterocycles. The molecule has 0 aliphatic carbocycles. The number of anilines is 1. The molecule has 2 aromatic rings. The summed E-state index contributed by atoms with van der Waals surface area (Å²) < 4.78 is 0. The molecule has 1 unspecified atom stereocenters. The second kappa shape index (κ2) is 8.11. The molecule has 2 aromatic heterocycles. The number of amides is 1. The minimum absolute atomic E-state index is 0.0311. The lowest BCUT2D eigenvalue weighted by atomic mass is 9.97. The van der Waals surface area contributed by atoms with Crippen molar-refractivity contribution in [3.05, 3.63) is 46.3 Å². The molecule has 3 heterocycles. The minimum atomic E-state index is -0.963. The van der Waals surface area contributed by atoms with E-state index in [9.17, 15) is 14.7 Å². The van der Waals surface area contributed by atoms with E-state index in [1.807, 2.05) is 22.4 Å². The van der Waals surface area contributed by atoms with Crippen LogP contribution < -0.4 is 10.2 Å². The fraction of sp³-hybridized carbons (Fsp3) is 0.389. The number of aromatic nitrogens is 1. The molecule has 0 radical (unpaired) electrons. The summed E-state index contributed by atoms with van der Waals surface area (Å²) in [5, 5.41) is 14.3. The van der Waals surface area contributed by atoms with E-state index in [0.717, 1.165) is 24.3 Å². The van der Waals surface area contributed by atoms with Crippen molar-refractivity contribution in [2.75, 3.05) is 24.5 Å². The van der Waals surface area contributed by atoms with Crippen LogP contribution in [0.5, 0.6) is 0 Å². The topological polar surface area (TPSA) is 82.5 Å². The van der Waals surface area contributed by atoms with Gasteiger partial charge in [-0.2, -0.15) is 0 Å². The van der Waals surface area contributed by atoms with Crippen molar-refractivity contribution in [3.63, 3.8) is 0 Å². The number of carboxylic acids is 1. The first kappa shape index (κ1) is 17.4. The summed E-state index contributed by atoms with van der Waals surface area (Å²) >= 11 is 1.58. The van der Waals surface area contributed by atoms with Crippen LogP contribution in [0.25, 0.3) is 0 Å². The van der Waals surface area contributed by atoms with Gasteiger partial charge in [0.05, 0.1) is 6.42 Å². The molecule has 1 saturated heterocycles. The Balaban J connectivity index is 1.56. The molecule has 3 rings (SSSR count). The van der Waals surface area contributed by atoms with Crippen molar-refractivity contribution in [2.45, 2.75) is 19.3 Å². The Morgan fingerprint density at radius 2 is 2.24 bits per heavy atom. The van der Waals surface area contributed by atoms with Gasteiger partial charge in [0, 0.05) is 30.7 Å². The molecule has 0 spiro atoms. The highest BCUT2D eigenvalue weighted by atomic mass is 32.1. The number of rotatable bonds is 6. The average molecular weight is 359 g/mol. The molecular formula is C18H21N3O3S. The lowest BCUT2D eigenvalue weighted by Gasteiger charge is -2.34. The van der Waals surface area contributed by atoms with E-state index < -0.39 is 5.97 Å². The first-order valence-corrected chi connectivity index (χ1v) is 9.24. The van der Waals surface area contributed by atoms with E-state index in [2.05, 4.69) is 10.3 Å². The SMILES string of the molecule is O=C(Cc1cccs1)NCC1CCCN(c2ncccc2C(=O)O)C1. The van der Waals surface area contributed by atoms with Gasteiger partial charge < -0.3 is 15.3 Å². The highest BCUT2D eigenvalue weighted by Gasteiger charge is 2.24. The van der Waals surface area contributed by atoms with Crippen LogP contribution in [0, 0.1) is 5.92 Å². The minimum Gasteiger partial charge on any atom is -0.478 e. The predicted octanol–water partition coefficient (Wildman–Crippen LogP) is 2.42. The van der Waals surface area contributed by atoms with Gasteiger partial charge in [-0.3, -0.25) is 4.79 Å². The number of aromatic carboxylic acids is 1. The zero-order valence-electron chi connectivity index (χ0n) is 13.9. The van der Waals surface area contributed by atoms with Gasteiger partial charge in [0.1, 0.15) is 11.4 Å². The van der Waals surface area contributed by atoms with E-state index in [4.69, 9.17) is 0 Å². The number of piperidine rings is 1. The first-order chi connectivity index (χ1) is 12.1. The Kier molecular flexibility index (Phi) is 5.65. The zero-order chi connectivity index (χ0) is 17.6.